The smallest absolute Gasteiger partial charge is 0.00106 e. The van der Waals surface area contributed by atoms with Gasteiger partial charge in [0.1, 0.15) is 0 Å². The molecule has 0 bridgehead atoms. The summed E-state index contributed by atoms with van der Waals surface area (Å²) in [6, 6.07) is 0.641. The van der Waals surface area contributed by atoms with Crippen LogP contribution < -0.4 is 5.32 Å². The second kappa shape index (κ2) is 7.60. The maximum Gasteiger partial charge on any atom is 0.00106 e. The summed E-state index contributed by atoms with van der Waals surface area (Å²) in [4.78, 5) is 0. The molecule has 1 aliphatic rings. The van der Waals surface area contributed by atoms with E-state index in [0.717, 1.165) is 0 Å². The van der Waals surface area contributed by atoms with Crippen LogP contribution in [-0.4, -0.2) is 24.1 Å². The Balaban J connectivity index is 2.27. The molecule has 16 heavy (non-hydrogen) atoms. The molecule has 0 aromatic rings. The molecule has 1 aliphatic carbocycles. The Kier molecular flexibility index (Phi) is 6.83. The monoisotopic (exact) mass is 243 g/mol. The summed E-state index contributed by atoms with van der Waals surface area (Å²) < 4.78 is 0. The van der Waals surface area contributed by atoms with Gasteiger partial charge in [-0.2, -0.15) is 11.8 Å². The first-order valence-electron chi connectivity index (χ1n) is 7.00. The first kappa shape index (κ1) is 14.4. The average Bonchev–Trinajstić information content (AvgIpc) is 2.71. The minimum Gasteiger partial charge on any atom is -0.314 e. The zero-order valence-electron chi connectivity index (χ0n) is 11.3. The maximum atomic E-state index is 3.66. The van der Waals surface area contributed by atoms with Crippen LogP contribution in [0.3, 0.4) is 0 Å². The van der Waals surface area contributed by atoms with Crippen LogP contribution in [0.15, 0.2) is 0 Å². The molecule has 1 fully saturated rings. The summed E-state index contributed by atoms with van der Waals surface area (Å²) >= 11 is 2.09. The summed E-state index contributed by atoms with van der Waals surface area (Å²) in [5.41, 5.74) is 0.651. The molecule has 1 rings (SSSR count). The molecule has 1 saturated carbocycles. The molecule has 1 nitrogen and oxygen atoms in total. The standard InChI is InChI=1S/C14H29NS/c1-4-16-11-7-10-14(8-5-6-9-14)12-15-13(2)3/h13,15H,4-12H2,1-3H3. The molecule has 0 aromatic carbocycles. The lowest BCUT2D eigenvalue weighted by atomic mass is 9.81. The van der Waals surface area contributed by atoms with Gasteiger partial charge in [0.2, 0.25) is 0 Å². The van der Waals surface area contributed by atoms with Crippen molar-refractivity contribution in [1.82, 2.24) is 5.32 Å². The quantitative estimate of drug-likeness (QED) is 0.645. The average molecular weight is 243 g/mol. The van der Waals surface area contributed by atoms with Crippen molar-refractivity contribution in [3.05, 3.63) is 0 Å². The Hall–Kier alpha value is 0.310. The highest BCUT2D eigenvalue weighted by molar-refractivity contribution is 7.99. The minimum absolute atomic E-state index is 0.641. The van der Waals surface area contributed by atoms with Crippen molar-refractivity contribution in [3.63, 3.8) is 0 Å². The molecule has 96 valence electrons. The molecule has 2 heteroatoms. The van der Waals surface area contributed by atoms with Crippen molar-refractivity contribution in [2.45, 2.75) is 65.3 Å². The van der Waals surface area contributed by atoms with Gasteiger partial charge in [-0.05, 0) is 42.6 Å². The second-order valence-corrected chi connectivity index (χ2v) is 6.94. The van der Waals surface area contributed by atoms with Gasteiger partial charge in [-0.25, -0.2) is 0 Å². The Labute approximate surface area is 106 Å². The third-order valence-electron chi connectivity index (χ3n) is 3.75. The molecule has 0 unspecified atom stereocenters. The normalized spacial score (nSPS) is 19.5. The van der Waals surface area contributed by atoms with Crippen molar-refractivity contribution in [1.29, 1.82) is 0 Å². The Morgan fingerprint density at radius 3 is 2.50 bits per heavy atom. The van der Waals surface area contributed by atoms with Crippen LogP contribution in [0.25, 0.3) is 0 Å². The van der Waals surface area contributed by atoms with E-state index in [-0.39, 0.29) is 0 Å². The Bertz CT molecular complexity index is 174. The molecule has 0 atom stereocenters. The van der Waals surface area contributed by atoms with Crippen LogP contribution in [0.2, 0.25) is 0 Å². The van der Waals surface area contributed by atoms with Gasteiger partial charge in [-0.15, -0.1) is 0 Å². The van der Waals surface area contributed by atoms with Gasteiger partial charge in [0, 0.05) is 12.6 Å². The van der Waals surface area contributed by atoms with Crippen molar-refractivity contribution in [2.24, 2.45) is 5.41 Å². The van der Waals surface area contributed by atoms with Gasteiger partial charge in [-0.3, -0.25) is 0 Å². The summed E-state index contributed by atoms with van der Waals surface area (Å²) in [5, 5.41) is 3.66. The fourth-order valence-corrected chi connectivity index (χ4v) is 3.39. The van der Waals surface area contributed by atoms with Gasteiger partial charge in [0.15, 0.2) is 0 Å². The van der Waals surface area contributed by atoms with Gasteiger partial charge in [0.25, 0.3) is 0 Å². The lowest BCUT2D eigenvalue weighted by molar-refractivity contribution is 0.248. The Morgan fingerprint density at radius 1 is 1.25 bits per heavy atom. The molecule has 0 radical (unpaired) electrons. The molecule has 0 saturated heterocycles. The van der Waals surface area contributed by atoms with E-state index in [0.29, 0.717) is 11.5 Å². The van der Waals surface area contributed by atoms with Gasteiger partial charge in [0.05, 0.1) is 0 Å². The van der Waals surface area contributed by atoms with E-state index >= 15 is 0 Å². The van der Waals surface area contributed by atoms with Gasteiger partial charge >= 0.3 is 0 Å². The lowest BCUT2D eigenvalue weighted by Crippen LogP contribution is -2.36. The molecule has 0 aliphatic heterocycles. The molecule has 0 spiro atoms. The van der Waals surface area contributed by atoms with Crippen LogP contribution in [-0.2, 0) is 0 Å². The third-order valence-corrected chi connectivity index (χ3v) is 4.74. The predicted octanol–water partition coefficient (Wildman–Crippen LogP) is 4.08. The number of thioether (sulfide) groups is 1. The number of hydrogen-bond acceptors (Lipinski definition) is 2. The van der Waals surface area contributed by atoms with E-state index in [9.17, 15) is 0 Å². The highest BCUT2D eigenvalue weighted by Gasteiger charge is 2.32. The van der Waals surface area contributed by atoms with E-state index in [4.69, 9.17) is 0 Å². The highest BCUT2D eigenvalue weighted by atomic mass is 32.2. The van der Waals surface area contributed by atoms with Crippen LogP contribution >= 0.6 is 11.8 Å². The molecule has 0 heterocycles. The SMILES string of the molecule is CCSCCCC1(CNC(C)C)CCCC1. The fraction of sp³-hybridized carbons (Fsp3) is 1.00. The van der Waals surface area contributed by atoms with Crippen LogP contribution in [0, 0.1) is 5.41 Å². The van der Waals surface area contributed by atoms with Gasteiger partial charge < -0.3 is 5.32 Å². The zero-order valence-corrected chi connectivity index (χ0v) is 12.2. The van der Waals surface area contributed by atoms with E-state index in [2.05, 4.69) is 37.8 Å². The highest BCUT2D eigenvalue weighted by Crippen LogP contribution is 2.41. The first-order chi connectivity index (χ1) is 7.68. The molecular weight excluding hydrogens is 214 g/mol. The fourth-order valence-electron chi connectivity index (χ4n) is 2.75. The predicted molar refractivity (Wildman–Crippen MR) is 76.3 cm³/mol. The van der Waals surface area contributed by atoms with Crippen LogP contribution in [0.4, 0.5) is 0 Å². The summed E-state index contributed by atoms with van der Waals surface area (Å²) in [7, 11) is 0. The Morgan fingerprint density at radius 2 is 1.94 bits per heavy atom. The molecule has 0 aromatic heterocycles. The van der Waals surface area contributed by atoms with Crippen molar-refractivity contribution >= 4 is 11.8 Å². The van der Waals surface area contributed by atoms with Crippen LogP contribution in [0.5, 0.6) is 0 Å². The topological polar surface area (TPSA) is 12.0 Å². The van der Waals surface area contributed by atoms with Gasteiger partial charge in [-0.1, -0.05) is 33.6 Å². The first-order valence-corrected chi connectivity index (χ1v) is 8.15. The maximum absolute atomic E-state index is 3.66. The third kappa shape index (κ3) is 5.09. The number of nitrogens with one attached hydrogen (secondary N) is 1. The zero-order chi connectivity index (χ0) is 11.9. The largest absolute Gasteiger partial charge is 0.314 e. The van der Waals surface area contributed by atoms with Crippen molar-refractivity contribution in [2.75, 3.05) is 18.1 Å². The number of rotatable bonds is 8. The summed E-state index contributed by atoms with van der Waals surface area (Å²) in [5.74, 6) is 2.64. The van der Waals surface area contributed by atoms with E-state index in [1.54, 1.807) is 0 Å². The van der Waals surface area contributed by atoms with Crippen molar-refractivity contribution < 1.29 is 0 Å². The molecule has 0 amide bonds. The molecular formula is C14H29NS. The molecule has 1 N–H and O–H groups in total. The van der Waals surface area contributed by atoms with Crippen molar-refractivity contribution in [3.8, 4) is 0 Å². The second-order valence-electron chi connectivity index (χ2n) is 5.54. The van der Waals surface area contributed by atoms with Crippen LogP contribution in [0.1, 0.15) is 59.3 Å². The minimum atomic E-state index is 0.641. The lowest BCUT2D eigenvalue weighted by Gasteiger charge is -2.30. The number of hydrogen-bond donors (Lipinski definition) is 1. The van der Waals surface area contributed by atoms with E-state index in [1.807, 2.05) is 0 Å². The van der Waals surface area contributed by atoms with E-state index in [1.165, 1.54) is 56.6 Å². The summed E-state index contributed by atoms with van der Waals surface area (Å²) in [6.45, 7) is 8.03. The van der Waals surface area contributed by atoms with E-state index < -0.39 is 0 Å². The summed E-state index contributed by atoms with van der Waals surface area (Å²) in [6.07, 6.45) is 8.70.